The van der Waals surface area contributed by atoms with Crippen molar-refractivity contribution >= 4 is 27.2 Å². The van der Waals surface area contributed by atoms with Crippen LogP contribution in [-0.4, -0.2) is 16.5 Å². The summed E-state index contributed by atoms with van der Waals surface area (Å²) in [5.41, 5.74) is 9.79. The van der Waals surface area contributed by atoms with Crippen LogP contribution < -0.4 is 5.32 Å². The van der Waals surface area contributed by atoms with E-state index in [2.05, 4.69) is 141 Å². The Morgan fingerprint density at radius 2 is 1.05 bits per heavy atom. The molecule has 0 unspecified atom stereocenters. The topological polar surface area (TPSA) is 37.8 Å². The first-order valence-corrected chi connectivity index (χ1v) is 13.7. The zero-order valence-corrected chi connectivity index (χ0v) is 22.6. The largest absolute Gasteiger partial charge is 0.381 e. The lowest BCUT2D eigenvalue weighted by molar-refractivity contribution is 0.995. The van der Waals surface area contributed by atoms with Crippen LogP contribution in [0.5, 0.6) is 0 Å². The maximum absolute atomic E-state index is 5.10. The first-order chi connectivity index (χ1) is 19.6. The highest BCUT2D eigenvalue weighted by molar-refractivity contribution is 5.89. The molecule has 1 N–H and O–H groups in total. The highest BCUT2D eigenvalue weighted by atomic mass is 14.9. The summed E-state index contributed by atoms with van der Waals surface area (Å²) < 4.78 is 0. The van der Waals surface area contributed by atoms with E-state index < -0.39 is 0 Å². The second-order valence-electron chi connectivity index (χ2n) is 10.6. The van der Waals surface area contributed by atoms with E-state index in [-0.39, 0.29) is 0 Å². The molecule has 1 aliphatic rings. The molecule has 3 heteroatoms. The lowest BCUT2D eigenvalue weighted by atomic mass is 10.0. The molecule has 6 aromatic rings. The van der Waals surface area contributed by atoms with Gasteiger partial charge in [0.15, 0.2) is 5.82 Å². The van der Waals surface area contributed by atoms with Gasteiger partial charge in [0.2, 0.25) is 0 Å². The van der Waals surface area contributed by atoms with Crippen LogP contribution in [0.4, 0.5) is 0 Å². The maximum atomic E-state index is 5.10. The number of aryl methyl sites for hydroxylation is 2. The van der Waals surface area contributed by atoms with Crippen LogP contribution in [-0.2, 0) is 0 Å². The van der Waals surface area contributed by atoms with E-state index in [9.17, 15) is 0 Å². The summed E-state index contributed by atoms with van der Waals surface area (Å²) >= 11 is 0. The Bertz CT molecular complexity index is 1860. The van der Waals surface area contributed by atoms with Crippen molar-refractivity contribution in [3.05, 3.63) is 138 Å². The Labute approximate surface area is 234 Å². The Hall–Kier alpha value is -5.02. The van der Waals surface area contributed by atoms with E-state index >= 15 is 0 Å². The number of aromatic nitrogens is 2. The van der Waals surface area contributed by atoms with Gasteiger partial charge in [-0.25, -0.2) is 9.97 Å². The number of benzene rings is 5. The second-order valence-corrected chi connectivity index (χ2v) is 10.6. The van der Waals surface area contributed by atoms with Crippen LogP contribution in [0.3, 0.4) is 0 Å². The third-order valence-corrected chi connectivity index (χ3v) is 7.57. The quantitative estimate of drug-likeness (QED) is 0.255. The molecule has 0 aliphatic carbocycles. The third-order valence-electron chi connectivity index (χ3n) is 7.57. The van der Waals surface area contributed by atoms with Gasteiger partial charge >= 0.3 is 0 Å². The lowest BCUT2D eigenvalue weighted by Crippen LogP contribution is -2.14. The van der Waals surface area contributed by atoms with E-state index in [1.165, 1.54) is 32.7 Å². The molecule has 40 heavy (non-hydrogen) atoms. The van der Waals surface area contributed by atoms with Crippen molar-refractivity contribution in [3.8, 4) is 33.9 Å². The number of dihydropyridines is 1. The molecule has 192 valence electrons. The molecule has 0 saturated heterocycles. The summed E-state index contributed by atoms with van der Waals surface area (Å²) in [5, 5.41) is 8.29. The summed E-state index contributed by atoms with van der Waals surface area (Å²) in [4.78, 5) is 10.2. The Morgan fingerprint density at radius 1 is 0.525 bits per heavy atom. The lowest BCUT2D eigenvalue weighted by Gasteiger charge is -2.13. The molecular formula is C37H29N3. The highest BCUT2D eigenvalue weighted by Gasteiger charge is 2.13. The molecule has 7 rings (SSSR count). The molecular weight excluding hydrogens is 486 g/mol. The summed E-state index contributed by atoms with van der Waals surface area (Å²) in [6.45, 7) is 5.10. The fourth-order valence-electron chi connectivity index (χ4n) is 5.38. The molecule has 0 atom stereocenters. The van der Waals surface area contributed by atoms with Gasteiger partial charge in [-0.1, -0.05) is 108 Å². The van der Waals surface area contributed by atoms with Gasteiger partial charge in [-0.15, -0.1) is 0 Å². The average molecular weight is 516 g/mol. The van der Waals surface area contributed by atoms with Crippen LogP contribution in [0.1, 0.15) is 16.7 Å². The van der Waals surface area contributed by atoms with Gasteiger partial charge in [-0.05, 0) is 65.2 Å². The molecule has 0 spiro atoms. The third kappa shape index (κ3) is 4.67. The van der Waals surface area contributed by atoms with Crippen LogP contribution in [0.2, 0.25) is 0 Å². The van der Waals surface area contributed by atoms with Crippen molar-refractivity contribution in [2.24, 2.45) is 0 Å². The molecule has 0 bridgehead atoms. The Balaban J connectivity index is 1.36. The number of nitrogens with zero attached hydrogens (tertiary/aromatic N) is 2. The standard InChI is InChI=1S/C37H29N3/c1-24-6-8-30-21-32(16-14-28(30)19-24)36-23-35(27-12-10-26(11-13-27)34-5-3-4-18-38-34)39-37(40-36)33-17-15-29-20-25(2)7-9-31(29)22-33/h3-17,19-23,38H,18H2,1-2H3. The monoisotopic (exact) mass is 515 g/mol. The van der Waals surface area contributed by atoms with Gasteiger partial charge in [-0.3, -0.25) is 0 Å². The normalized spacial score (nSPS) is 12.9. The van der Waals surface area contributed by atoms with E-state index in [1.807, 2.05) is 0 Å². The van der Waals surface area contributed by atoms with Crippen molar-refractivity contribution in [1.82, 2.24) is 15.3 Å². The van der Waals surface area contributed by atoms with Crippen molar-refractivity contribution in [3.63, 3.8) is 0 Å². The zero-order chi connectivity index (χ0) is 27.1. The van der Waals surface area contributed by atoms with Crippen LogP contribution >= 0.6 is 0 Å². The van der Waals surface area contributed by atoms with Crippen LogP contribution in [0.25, 0.3) is 61.1 Å². The summed E-state index contributed by atoms with van der Waals surface area (Å²) in [5.74, 6) is 0.727. The average Bonchev–Trinajstić information content (AvgIpc) is 3.01. The molecule has 2 heterocycles. The Kier molecular flexibility index (Phi) is 5.98. The molecule has 0 saturated carbocycles. The highest BCUT2D eigenvalue weighted by Crippen LogP contribution is 2.31. The fraction of sp³-hybridized carbons (Fsp3) is 0.0811. The number of rotatable bonds is 4. The van der Waals surface area contributed by atoms with Crippen molar-refractivity contribution in [2.75, 3.05) is 6.54 Å². The summed E-state index contributed by atoms with van der Waals surface area (Å²) in [6.07, 6.45) is 6.32. The zero-order valence-electron chi connectivity index (χ0n) is 22.6. The number of nitrogens with one attached hydrogen (secondary N) is 1. The van der Waals surface area contributed by atoms with Crippen LogP contribution in [0, 0.1) is 13.8 Å². The van der Waals surface area contributed by atoms with Gasteiger partial charge < -0.3 is 5.32 Å². The number of hydrogen-bond acceptors (Lipinski definition) is 3. The molecule has 0 radical (unpaired) electrons. The molecule has 1 aromatic heterocycles. The molecule has 3 nitrogen and oxygen atoms in total. The number of hydrogen-bond donors (Lipinski definition) is 1. The van der Waals surface area contributed by atoms with Gasteiger partial charge in [0.1, 0.15) is 0 Å². The van der Waals surface area contributed by atoms with E-state index in [0.717, 1.165) is 51.7 Å². The van der Waals surface area contributed by atoms with Crippen molar-refractivity contribution < 1.29 is 0 Å². The minimum absolute atomic E-state index is 0.727. The predicted octanol–water partition coefficient (Wildman–Crippen LogP) is 8.90. The van der Waals surface area contributed by atoms with Gasteiger partial charge in [0.25, 0.3) is 0 Å². The maximum Gasteiger partial charge on any atom is 0.160 e. The summed E-state index contributed by atoms with van der Waals surface area (Å²) in [6, 6.07) is 36.9. The molecule has 1 aliphatic heterocycles. The fourth-order valence-corrected chi connectivity index (χ4v) is 5.38. The minimum Gasteiger partial charge on any atom is -0.381 e. The molecule has 0 fully saturated rings. The van der Waals surface area contributed by atoms with Gasteiger partial charge in [0.05, 0.1) is 11.4 Å². The molecule has 5 aromatic carbocycles. The van der Waals surface area contributed by atoms with Gasteiger partial charge in [-0.2, -0.15) is 0 Å². The van der Waals surface area contributed by atoms with Gasteiger partial charge in [0, 0.05) is 28.9 Å². The Morgan fingerprint density at radius 3 is 1.70 bits per heavy atom. The van der Waals surface area contributed by atoms with E-state index in [1.54, 1.807) is 0 Å². The minimum atomic E-state index is 0.727. The summed E-state index contributed by atoms with van der Waals surface area (Å²) in [7, 11) is 0. The smallest absolute Gasteiger partial charge is 0.160 e. The SMILES string of the molecule is Cc1ccc2cc(-c3cc(-c4ccc(C5=CC=CCN5)cc4)nc(-c4ccc5cc(C)ccc5c4)n3)ccc2c1. The van der Waals surface area contributed by atoms with E-state index in [4.69, 9.17) is 9.97 Å². The molecule has 0 amide bonds. The van der Waals surface area contributed by atoms with E-state index in [0.29, 0.717) is 0 Å². The number of allylic oxidation sites excluding steroid dienone is 2. The second kappa shape index (κ2) is 9.94. The first-order valence-electron chi connectivity index (χ1n) is 13.7. The first kappa shape index (κ1) is 24.1. The van der Waals surface area contributed by atoms with Crippen LogP contribution in [0.15, 0.2) is 121 Å². The van der Waals surface area contributed by atoms with Crippen molar-refractivity contribution in [1.29, 1.82) is 0 Å². The van der Waals surface area contributed by atoms with Crippen molar-refractivity contribution in [2.45, 2.75) is 13.8 Å². The predicted molar refractivity (Wildman–Crippen MR) is 168 cm³/mol. The number of fused-ring (bicyclic) bond motifs is 2.